The Morgan fingerprint density at radius 1 is 1.45 bits per heavy atom. The second-order valence-electron chi connectivity index (χ2n) is 4.57. The van der Waals surface area contributed by atoms with Crippen LogP contribution in [0.15, 0.2) is 53.4 Å². The Kier molecular flexibility index (Phi) is 4.37. The maximum Gasteiger partial charge on any atom is 0.252 e. The molecule has 5 nitrogen and oxygen atoms in total. The van der Waals surface area contributed by atoms with Crippen molar-refractivity contribution in [2.24, 2.45) is 0 Å². The van der Waals surface area contributed by atoms with E-state index in [4.69, 9.17) is 0 Å². The summed E-state index contributed by atoms with van der Waals surface area (Å²) in [6, 6.07) is 6.42. The molecule has 0 saturated heterocycles. The van der Waals surface area contributed by atoms with Crippen LogP contribution >= 0.6 is 23.3 Å². The van der Waals surface area contributed by atoms with Crippen molar-refractivity contribution in [2.45, 2.75) is 10.9 Å². The van der Waals surface area contributed by atoms with Gasteiger partial charge in [0.2, 0.25) is 0 Å². The molecule has 112 valence electrons. The van der Waals surface area contributed by atoms with Crippen LogP contribution in [0.4, 0.5) is 5.13 Å². The van der Waals surface area contributed by atoms with E-state index in [0.29, 0.717) is 17.2 Å². The first kappa shape index (κ1) is 15.0. The van der Waals surface area contributed by atoms with Crippen LogP contribution in [-0.2, 0) is 4.79 Å². The zero-order valence-electron chi connectivity index (χ0n) is 11.6. The van der Waals surface area contributed by atoms with Gasteiger partial charge in [-0.1, -0.05) is 24.3 Å². The molecule has 1 amide bonds. The lowest BCUT2D eigenvalue weighted by Crippen LogP contribution is -2.48. The van der Waals surface area contributed by atoms with Gasteiger partial charge in [-0.3, -0.25) is 9.59 Å². The molecule has 0 saturated carbocycles. The van der Waals surface area contributed by atoms with Gasteiger partial charge in [-0.05, 0) is 18.0 Å². The van der Waals surface area contributed by atoms with E-state index < -0.39 is 6.04 Å². The first-order valence-electron chi connectivity index (χ1n) is 6.60. The monoisotopic (exact) mass is 331 g/mol. The number of amides is 1. The fraction of sp³-hybridized carbons (Fsp3) is 0.133. The van der Waals surface area contributed by atoms with E-state index >= 15 is 0 Å². The minimum atomic E-state index is -0.887. The molecule has 7 heteroatoms. The van der Waals surface area contributed by atoms with Crippen molar-refractivity contribution in [2.75, 3.05) is 11.9 Å². The zero-order valence-corrected chi connectivity index (χ0v) is 13.2. The quantitative estimate of drug-likeness (QED) is 0.530. The Hall–Kier alpha value is -1.96. The number of nitrogens with zero attached hydrogens (tertiary/aromatic N) is 2. The fourth-order valence-corrected chi connectivity index (χ4v) is 3.85. The van der Waals surface area contributed by atoms with Crippen molar-refractivity contribution in [3.8, 4) is 0 Å². The van der Waals surface area contributed by atoms with Crippen molar-refractivity contribution in [3.05, 3.63) is 54.1 Å². The molecule has 0 spiro atoms. The van der Waals surface area contributed by atoms with Gasteiger partial charge in [0.25, 0.3) is 5.91 Å². The van der Waals surface area contributed by atoms with Crippen LogP contribution in [0.5, 0.6) is 0 Å². The summed E-state index contributed by atoms with van der Waals surface area (Å²) in [5.41, 5.74) is 0.576. The highest BCUT2D eigenvalue weighted by atomic mass is 32.2. The predicted octanol–water partition coefficient (Wildman–Crippen LogP) is 2.84. The third kappa shape index (κ3) is 2.83. The third-order valence-electron chi connectivity index (χ3n) is 3.12. The third-order valence-corrected chi connectivity index (χ3v) is 4.96. The summed E-state index contributed by atoms with van der Waals surface area (Å²) < 4.78 is 1.74. The Bertz CT molecular complexity index is 715. The highest BCUT2D eigenvalue weighted by Crippen LogP contribution is 2.35. The van der Waals surface area contributed by atoms with E-state index in [1.54, 1.807) is 34.1 Å². The number of nitrogens with one attached hydrogen (secondary N) is 1. The molecule has 22 heavy (non-hydrogen) atoms. The smallest absolute Gasteiger partial charge is 0.252 e. The topological polar surface area (TPSA) is 62.3 Å². The summed E-state index contributed by atoms with van der Waals surface area (Å²) in [6.45, 7) is 4.13. The van der Waals surface area contributed by atoms with Gasteiger partial charge in [-0.2, -0.15) is 0 Å². The molecule has 1 unspecified atom stereocenters. The van der Waals surface area contributed by atoms with Gasteiger partial charge in [0.05, 0.1) is 0 Å². The Labute approximate surface area is 136 Å². The number of carbonyl (C=O) groups excluding carboxylic acids is 2. The van der Waals surface area contributed by atoms with Crippen LogP contribution in [0.25, 0.3) is 0 Å². The maximum absolute atomic E-state index is 12.7. The van der Waals surface area contributed by atoms with Gasteiger partial charge in [-0.15, -0.1) is 17.9 Å². The molecule has 0 bridgehead atoms. The van der Waals surface area contributed by atoms with Gasteiger partial charge in [0.15, 0.2) is 17.0 Å². The predicted molar refractivity (Wildman–Crippen MR) is 88.1 cm³/mol. The molecule has 1 aliphatic heterocycles. The normalized spacial score (nSPS) is 17.8. The first-order chi connectivity index (χ1) is 10.7. The summed E-state index contributed by atoms with van der Waals surface area (Å²) in [6.07, 6.45) is 3.28. The second kappa shape index (κ2) is 6.43. The van der Waals surface area contributed by atoms with Gasteiger partial charge in [0, 0.05) is 28.6 Å². The average molecular weight is 331 g/mol. The Morgan fingerprint density at radius 2 is 2.27 bits per heavy atom. The maximum atomic E-state index is 12.7. The molecule has 2 aromatic rings. The number of fused-ring (bicyclic) bond motifs is 1. The van der Waals surface area contributed by atoms with Crippen LogP contribution in [0.2, 0.25) is 0 Å². The van der Waals surface area contributed by atoms with Crippen LogP contribution < -0.4 is 5.32 Å². The van der Waals surface area contributed by atoms with Crippen molar-refractivity contribution in [1.29, 1.82) is 0 Å². The number of hydrogen-bond donors (Lipinski definition) is 1. The second-order valence-corrected chi connectivity index (χ2v) is 6.56. The highest BCUT2D eigenvalue weighted by molar-refractivity contribution is 7.97. The fourth-order valence-electron chi connectivity index (χ4n) is 2.19. The summed E-state index contributed by atoms with van der Waals surface area (Å²) >= 11 is 2.71. The van der Waals surface area contributed by atoms with Crippen LogP contribution in [0.1, 0.15) is 10.4 Å². The molecule has 1 atom stereocenters. The van der Waals surface area contributed by atoms with Gasteiger partial charge in [-0.25, -0.2) is 9.29 Å². The molecule has 0 fully saturated rings. The van der Waals surface area contributed by atoms with E-state index in [-0.39, 0.29) is 11.7 Å². The van der Waals surface area contributed by atoms with E-state index in [0.717, 1.165) is 4.90 Å². The van der Waals surface area contributed by atoms with Gasteiger partial charge < -0.3 is 5.32 Å². The molecular formula is C15H13N3O2S2. The number of anilines is 1. The lowest BCUT2D eigenvalue weighted by molar-refractivity contribution is -0.118. The summed E-state index contributed by atoms with van der Waals surface area (Å²) in [4.78, 5) is 30.1. The number of aromatic nitrogens is 1. The van der Waals surface area contributed by atoms with E-state index in [9.17, 15) is 9.59 Å². The largest absolute Gasteiger partial charge is 0.300 e. The number of thiazole rings is 1. The molecule has 1 aromatic carbocycles. The van der Waals surface area contributed by atoms with Crippen LogP contribution in [0, 0.1) is 0 Å². The number of carbonyl (C=O) groups is 2. The van der Waals surface area contributed by atoms with Crippen LogP contribution in [0.3, 0.4) is 0 Å². The zero-order chi connectivity index (χ0) is 15.5. The van der Waals surface area contributed by atoms with Crippen molar-refractivity contribution in [3.63, 3.8) is 0 Å². The van der Waals surface area contributed by atoms with E-state index in [1.165, 1.54) is 23.3 Å². The molecule has 0 radical (unpaired) electrons. The summed E-state index contributed by atoms with van der Waals surface area (Å²) in [5.74, 6) is -0.575. The molecule has 0 aliphatic carbocycles. The summed E-state index contributed by atoms with van der Waals surface area (Å²) in [7, 11) is 0. The average Bonchev–Trinajstić information content (AvgIpc) is 3.00. The lowest BCUT2D eigenvalue weighted by Gasteiger charge is -2.32. The minimum absolute atomic E-state index is 0.203. The van der Waals surface area contributed by atoms with E-state index in [1.807, 2.05) is 12.1 Å². The number of hydrogen-bond acceptors (Lipinski definition) is 6. The van der Waals surface area contributed by atoms with Crippen LogP contribution in [-0.4, -0.2) is 33.6 Å². The lowest BCUT2D eigenvalue weighted by atomic mass is 10.0. The van der Waals surface area contributed by atoms with Crippen molar-refractivity contribution in [1.82, 2.24) is 9.29 Å². The molecule has 2 heterocycles. The van der Waals surface area contributed by atoms with Gasteiger partial charge >= 0.3 is 0 Å². The molecule has 1 aromatic heterocycles. The minimum Gasteiger partial charge on any atom is -0.300 e. The Balaban J connectivity index is 1.91. The number of Topliss-reactive ketones (excluding diaryl/α,β-unsaturated/α-hetero) is 1. The summed E-state index contributed by atoms with van der Waals surface area (Å²) in [5, 5.41) is 4.95. The number of ketones is 1. The molecule has 1 N–H and O–H groups in total. The standard InChI is InChI=1S/C15H13N3O2S2/c1-2-8-18-12(14(20)17-15-16-7-9-21-15)13(19)10-5-3-4-6-11(10)22-18/h2-7,9,12H,1,8H2,(H,16,17,20). The SMILES string of the molecule is C=CCN1Sc2ccccc2C(=O)C1C(=O)Nc1nccs1. The molecule has 1 aliphatic rings. The van der Waals surface area contributed by atoms with E-state index in [2.05, 4.69) is 16.9 Å². The first-order valence-corrected chi connectivity index (χ1v) is 8.25. The van der Waals surface area contributed by atoms with Crippen molar-refractivity contribution >= 4 is 40.1 Å². The molecular weight excluding hydrogens is 318 g/mol. The van der Waals surface area contributed by atoms with Crippen molar-refractivity contribution < 1.29 is 9.59 Å². The molecule has 3 rings (SSSR count). The highest BCUT2D eigenvalue weighted by Gasteiger charge is 2.39. The number of benzene rings is 1. The number of rotatable bonds is 4. The Morgan fingerprint density at radius 3 is 3.00 bits per heavy atom. The van der Waals surface area contributed by atoms with Gasteiger partial charge in [0.1, 0.15) is 0 Å².